The quantitative estimate of drug-likeness (QED) is 0.327. The lowest BCUT2D eigenvalue weighted by atomic mass is 9.56. The van der Waals surface area contributed by atoms with Crippen molar-refractivity contribution in [2.75, 3.05) is 6.61 Å². The SMILES string of the molecule is CC(=O)O[C@H]1CC=C(C)[C@@H]2[C@H](OC(C)=O)[C@@]3(O)[C@H](/C=C(/CO)CC[C@H](OC(C)=O)[C@@]12C)OC(=O)[C@@H]3C. The zero-order valence-corrected chi connectivity index (χ0v) is 21.6. The van der Waals surface area contributed by atoms with Crippen molar-refractivity contribution in [3.05, 3.63) is 23.3 Å². The van der Waals surface area contributed by atoms with Gasteiger partial charge in [-0.05, 0) is 38.3 Å². The smallest absolute Gasteiger partial charge is 0.312 e. The summed E-state index contributed by atoms with van der Waals surface area (Å²) in [6, 6.07) is 0. The molecule has 3 rings (SSSR count). The second kappa shape index (κ2) is 10.3. The van der Waals surface area contributed by atoms with Gasteiger partial charge in [-0.15, -0.1) is 0 Å². The van der Waals surface area contributed by atoms with Crippen LogP contribution in [0.1, 0.15) is 60.8 Å². The Morgan fingerprint density at radius 1 is 1.08 bits per heavy atom. The van der Waals surface area contributed by atoms with Crippen molar-refractivity contribution in [1.29, 1.82) is 0 Å². The zero-order valence-electron chi connectivity index (χ0n) is 21.6. The second-order valence-electron chi connectivity index (χ2n) is 10.2. The van der Waals surface area contributed by atoms with E-state index in [1.54, 1.807) is 13.8 Å². The molecule has 0 aromatic carbocycles. The minimum absolute atomic E-state index is 0.242. The fraction of sp³-hybridized carbons (Fsp3) is 0.692. The van der Waals surface area contributed by atoms with Crippen molar-refractivity contribution < 1.29 is 48.3 Å². The van der Waals surface area contributed by atoms with E-state index in [2.05, 4.69) is 0 Å². The van der Waals surface area contributed by atoms with E-state index in [0.29, 0.717) is 12.0 Å². The highest BCUT2D eigenvalue weighted by atomic mass is 16.6. The molecule has 10 heteroatoms. The van der Waals surface area contributed by atoms with E-state index in [1.165, 1.54) is 33.8 Å². The third-order valence-electron chi connectivity index (χ3n) is 7.93. The molecule has 0 aromatic rings. The topological polar surface area (TPSA) is 146 Å². The molecule has 3 aliphatic rings. The molecule has 0 saturated carbocycles. The molecule has 8 atom stereocenters. The van der Waals surface area contributed by atoms with Crippen molar-refractivity contribution in [1.82, 2.24) is 0 Å². The molecule has 1 aliphatic heterocycles. The van der Waals surface area contributed by atoms with Gasteiger partial charge in [0.25, 0.3) is 0 Å². The van der Waals surface area contributed by atoms with E-state index in [9.17, 15) is 29.4 Å². The summed E-state index contributed by atoms with van der Waals surface area (Å²) >= 11 is 0. The number of aliphatic hydroxyl groups excluding tert-OH is 1. The lowest BCUT2D eigenvalue weighted by Gasteiger charge is -2.54. The molecule has 200 valence electrons. The number of rotatable bonds is 4. The van der Waals surface area contributed by atoms with Gasteiger partial charge in [-0.2, -0.15) is 0 Å². The number of esters is 4. The first-order chi connectivity index (χ1) is 16.8. The normalized spacial score (nSPS) is 39.8. The Balaban J connectivity index is 2.36. The van der Waals surface area contributed by atoms with Crippen LogP contribution in [-0.4, -0.2) is 70.7 Å². The molecular formula is C26H36O10. The molecule has 0 aromatic heterocycles. The summed E-state index contributed by atoms with van der Waals surface area (Å²) in [5, 5.41) is 22.2. The summed E-state index contributed by atoms with van der Waals surface area (Å²) in [4.78, 5) is 49.5. The van der Waals surface area contributed by atoms with E-state index in [1.807, 2.05) is 6.08 Å². The predicted octanol–water partition coefficient (Wildman–Crippen LogP) is 1.76. The molecule has 0 bridgehead atoms. The van der Waals surface area contributed by atoms with Crippen molar-refractivity contribution in [2.45, 2.75) is 90.8 Å². The first-order valence-electron chi connectivity index (χ1n) is 12.2. The number of ether oxygens (including phenoxy) is 4. The fourth-order valence-electron chi connectivity index (χ4n) is 6.10. The minimum atomic E-state index is -2.03. The number of carbonyl (C=O) groups excluding carboxylic acids is 4. The number of aliphatic hydroxyl groups is 2. The van der Waals surface area contributed by atoms with Crippen LogP contribution in [0.5, 0.6) is 0 Å². The van der Waals surface area contributed by atoms with Gasteiger partial charge in [-0.3, -0.25) is 19.2 Å². The molecule has 0 unspecified atom stereocenters. The van der Waals surface area contributed by atoms with Gasteiger partial charge in [0.2, 0.25) is 0 Å². The van der Waals surface area contributed by atoms with Crippen LogP contribution in [0.4, 0.5) is 0 Å². The molecule has 0 spiro atoms. The highest BCUT2D eigenvalue weighted by Gasteiger charge is 2.67. The highest BCUT2D eigenvalue weighted by molar-refractivity contribution is 5.78. The third-order valence-corrected chi connectivity index (χ3v) is 7.93. The van der Waals surface area contributed by atoms with Crippen molar-refractivity contribution in [2.24, 2.45) is 17.3 Å². The number of hydrogen-bond donors (Lipinski definition) is 2. The van der Waals surface area contributed by atoms with Gasteiger partial charge in [-0.1, -0.05) is 18.6 Å². The van der Waals surface area contributed by atoms with Crippen LogP contribution in [0.15, 0.2) is 23.3 Å². The average Bonchev–Trinajstić information content (AvgIpc) is 2.99. The highest BCUT2D eigenvalue weighted by Crippen LogP contribution is 2.55. The number of carbonyl (C=O) groups is 4. The maximum atomic E-state index is 12.7. The molecule has 1 saturated heterocycles. The molecule has 10 nitrogen and oxygen atoms in total. The Morgan fingerprint density at radius 2 is 1.67 bits per heavy atom. The monoisotopic (exact) mass is 508 g/mol. The van der Waals surface area contributed by atoms with E-state index in [4.69, 9.17) is 18.9 Å². The van der Waals surface area contributed by atoms with E-state index < -0.39 is 77.8 Å². The van der Waals surface area contributed by atoms with Gasteiger partial charge in [0.1, 0.15) is 18.3 Å². The van der Waals surface area contributed by atoms with Gasteiger partial charge < -0.3 is 29.2 Å². The summed E-state index contributed by atoms with van der Waals surface area (Å²) in [6.45, 7) is 8.41. The Bertz CT molecular complexity index is 983. The molecule has 0 radical (unpaired) electrons. The van der Waals surface area contributed by atoms with E-state index >= 15 is 0 Å². The van der Waals surface area contributed by atoms with Gasteiger partial charge in [0.05, 0.1) is 17.9 Å². The zero-order chi connectivity index (χ0) is 27.0. The fourth-order valence-corrected chi connectivity index (χ4v) is 6.10. The van der Waals surface area contributed by atoms with Crippen LogP contribution in [-0.2, 0) is 38.1 Å². The third kappa shape index (κ3) is 4.80. The maximum absolute atomic E-state index is 12.7. The first kappa shape index (κ1) is 27.9. The summed E-state index contributed by atoms with van der Waals surface area (Å²) in [5.74, 6) is -4.40. The van der Waals surface area contributed by atoms with Crippen LogP contribution in [0.3, 0.4) is 0 Å². The standard InChI is InChI=1S/C26H36O10/c1-13-7-9-19(33-15(3)28)25(6)20(34-16(4)29)10-8-18(12-27)11-21-26(32,14(2)24(31)36-21)23(22(13)25)35-17(5)30/h7,11,14,19-23,27,32H,8-10,12H2,1-6H3/b18-11+/t14-,19-,20-,21-,22+,23-,25+,26-/m0/s1. The molecular weight excluding hydrogens is 472 g/mol. The summed E-state index contributed by atoms with van der Waals surface area (Å²) in [7, 11) is 0. The molecule has 1 heterocycles. The van der Waals surface area contributed by atoms with Gasteiger partial charge >= 0.3 is 23.9 Å². The molecule has 2 N–H and O–H groups in total. The Hall–Kier alpha value is -2.72. The van der Waals surface area contributed by atoms with Crippen LogP contribution >= 0.6 is 0 Å². The summed E-state index contributed by atoms with van der Waals surface area (Å²) in [6.07, 6.45) is -0.0830. The summed E-state index contributed by atoms with van der Waals surface area (Å²) in [5.41, 5.74) is -2.04. The van der Waals surface area contributed by atoms with Crippen LogP contribution in [0.2, 0.25) is 0 Å². The molecule has 0 amide bonds. The maximum Gasteiger partial charge on any atom is 0.312 e. The summed E-state index contributed by atoms with van der Waals surface area (Å²) < 4.78 is 22.9. The molecule has 1 fully saturated rings. The lowest BCUT2D eigenvalue weighted by molar-refractivity contribution is -0.216. The van der Waals surface area contributed by atoms with E-state index in [0.717, 1.165) is 5.57 Å². The Morgan fingerprint density at radius 3 is 2.22 bits per heavy atom. The van der Waals surface area contributed by atoms with Crippen LogP contribution < -0.4 is 0 Å². The lowest BCUT2D eigenvalue weighted by Crippen LogP contribution is -2.65. The second-order valence-corrected chi connectivity index (χ2v) is 10.2. The molecule has 2 aliphatic carbocycles. The first-order valence-corrected chi connectivity index (χ1v) is 12.2. The van der Waals surface area contributed by atoms with Crippen molar-refractivity contribution in [3.63, 3.8) is 0 Å². The van der Waals surface area contributed by atoms with Gasteiger partial charge in [-0.25, -0.2) is 0 Å². The largest absolute Gasteiger partial charge is 0.462 e. The Labute approximate surface area is 210 Å². The minimum Gasteiger partial charge on any atom is -0.462 e. The number of hydrogen-bond acceptors (Lipinski definition) is 10. The van der Waals surface area contributed by atoms with Crippen molar-refractivity contribution >= 4 is 23.9 Å². The Kier molecular flexibility index (Phi) is 8.00. The van der Waals surface area contributed by atoms with Crippen molar-refractivity contribution in [3.8, 4) is 0 Å². The van der Waals surface area contributed by atoms with Gasteiger partial charge in [0, 0.05) is 33.1 Å². The molecule has 36 heavy (non-hydrogen) atoms. The predicted molar refractivity (Wildman–Crippen MR) is 125 cm³/mol. The van der Waals surface area contributed by atoms with E-state index in [-0.39, 0.29) is 12.8 Å². The average molecular weight is 509 g/mol. The van der Waals surface area contributed by atoms with Crippen LogP contribution in [0.25, 0.3) is 0 Å². The number of fused-ring (bicyclic) bond motifs is 2. The van der Waals surface area contributed by atoms with Gasteiger partial charge in [0.15, 0.2) is 11.7 Å². The van der Waals surface area contributed by atoms with Crippen LogP contribution in [0, 0.1) is 17.3 Å².